The van der Waals surface area contributed by atoms with E-state index in [2.05, 4.69) is 0 Å². The monoisotopic (exact) mass is 272 g/mol. The van der Waals surface area contributed by atoms with Gasteiger partial charge in [-0.05, 0) is 5.56 Å². The van der Waals surface area contributed by atoms with Gasteiger partial charge in [0.15, 0.2) is 0 Å². The first kappa shape index (κ1) is 15.1. The third-order valence-electron chi connectivity index (χ3n) is 2.52. The zero-order chi connectivity index (χ0) is 13.4. The van der Waals surface area contributed by atoms with E-state index in [1.54, 1.807) is 0 Å². The van der Waals surface area contributed by atoms with Gasteiger partial charge >= 0.3 is 0 Å². The molecular weight excluding hydrogens is 252 g/mol. The van der Waals surface area contributed by atoms with Crippen molar-refractivity contribution in [2.24, 2.45) is 5.73 Å². The van der Waals surface area contributed by atoms with Gasteiger partial charge in [-0.15, -0.1) is 0 Å². The van der Waals surface area contributed by atoms with Crippen LogP contribution in [0.3, 0.4) is 0 Å². The average molecular weight is 272 g/mol. The van der Waals surface area contributed by atoms with Gasteiger partial charge < -0.3 is 10.5 Å². The van der Waals surface area contributed by atoms with Gasteiger partial charge in [0, 0.05) is 26.7 Å². The third kappa shape index (κ3) is 4.73. The maximum Gasteiger partial charge on any atom is 0.216 e. The molecule has 0 aromatic heterocycles. The van der Waals surface area contributed by atoms with Crippen LogP contribution in [0.5, 0.6) is 0 Å². The second-order valence-electron chi connectivity index (χ2n) is 3.92. The molecule has 0 heterocycles. The van der Waals surface area contributed by atoms with Crippen LogP contribution in [-0.4, -0.2) is 45.3 Å². The van der Waals surface area contributed by atoms with Gasteiger partial charge in [-0.2, -0.15) is 4.31 Å². The van der Waals surface area contributed by atoms with Crippen LogP contribution >= 0.6 is 0 Å². The minimum Gasteiger partial charge on any atom is -0.384 e. The van der Waals surface area contributed by atoms with Crippen LogP contribution in [0.2, 0.25) is 0 Å². The Kier molecular flexibility index (Phi) is 6.28. The Labute approximate surface area is 109 Å². The average Bonchev–Trinajstić information content (AvgIpc) is 2.37. The van der Waals surface area contributed by atoms with E-state index < -0.39 is 10.0 Å². The van der Waals surface area contributed by atoms with E-state index >= 15 is 0 Å². The standard InChI is InChI=1S/C12H20N2O3S/c1-17-9-10-18(15,16)14(8-7-13)11-12-5-3-2-4-6-12/h2-6H,7-11,13H2,1H3. The van der Waals surface area contributed by atoms with Crippen molar-refractivity contribution in [3.05, 3.63) is 35.9 Å². The highest BCUT2D eigenvalue weighted by Gasteiger charge is 2.21. The summed E-state index contributed by atoms with van der Waals surface area (Å²) in [5.41, 5.74) is 6.42. The number of methoxy groups -OCH3 is 1. The van der Waals surface area contributed by atoms with Crippen molar-refractivity contribution >= 4 is 10.0 Å². The van der Waals surface area contributed by atoms with Crippen molar-refractivity contribution in [1.82, 2.24) is 4.31 Å². The van der Waals surface area contributed by atoms with Crippen LogP contribution in [-0.2, 0) is 21.3 Å². The molecule has 0 spiro atoms. The first-order valence-corrected chi connectivity index (χ1v) is 7.42. The molecule has 2 N–H and O–H groups in total. The van der Waals surface area contributed by atoms with Gasteiger partial charge in [0.05, 0.1) is 12.4 Å². The summed E-state index contributed by atoms with van der Waals surface area (Å²) in [7, 11) is -1.83. The van der Waals surface area contributed by atoms with Gasteiger partial charge in [0.1, 0.15) is 0 Å². The summed E-state index contributed by atoms with van der Waals surface area (Å²) in [5, 5.41) is 0. The molecule has 18 heavy (non-hydrogen) atoms. The Morgan fingerprint density at radius 1 is 1.28 bits per heavy atom. The van der Waals surface area contributed by atoms with Gasteiger partial charge in [-0.3, -0.25) is 0 Å². The predicted octanol–water partition coefficient (Wildman–Crippen LogP) is 0.424. The highest BCUT2D eigenvalue weighted by atomic mass is 32.2. The zero-order valence-corrected chi connectivity index (χ0v) is 11.4. The molecule has 0 radical (unpaired) electrons. The lowest BCUT2D eigenvalue weighted by Crippen LogP contribution is -2.37. The number of ether oxygens (including phenoxy) is 1. The number of nitrogens with two attached hydrogens (primary N) is 1. The summed E-state index contributed by atoms with van der Waals surface area (Å²) in [5.74, 6) is -0.0175. The molecule has 0 aliphatic rings. The van der Waals surface area contributed by atoms with E-state index in [1.807, 2.05) is 30.3 Å². The van der Waals surface area contributed by atoms with Gasteiger partial charge in [0.25, 0.3) is 0 Å². The molecule has 1 aromatic carbocycles. The Balaban J connectivity index is 2.76. The quantitative estimate of drug-likeness (QED) is 0.744. The van der Waals surface area contributed by atoms with Crippen LogP contribution in [0.15, 0.2) is 30.3 Å². The van der Waals surface area contributed by atoms with Crippen LogP contribution in [0.4, 0.5) is 0 Å². The number of hydrogen-bond acceptors (Lipinski definition) is 4. The first-order valence-electron chi connectivity index (χ1n) is 5.81. The fourth-order valence-electron chi connectivity index (χ4n) is 1.57. The maximum absolute atomic E-state index is 12.1. The first-order chi connectivity index (χ1) is 8.60. The molecule has 0 aliphatic carbocycles. The Morgan fingerprint density at radius 3 is 2.50 bits per heavy atom. The summed E-state index contributed by atoms with van der Waals surface area (Å²) in [6.07, 6.45) is 0. The molecule has 5 nitrogen and oxygen atoms in total. The second kappa shape index (κ2) is 7.48. The van der Waals surface area contributed by atoms with Gasteiger partial charge in [-0.1, -0.05) is 30.3 Å². The molecule has 1 aromatic rings. The van der Waals surface area contributed by atoms with E-state index in [0.29, 0.717) is 19.6 Å². The van der Waals surface area contributed by atoms with Crippen LogP contribution in [0.25, 0.3) is 0 Å². The van der Waals surface area contributed by atoms with Crippen molar-refractivity contribution in [3.63, 3.8) is 0 Å². The van der Waals surface area contributed by atoms with Gasteiger partial charge in [0.2, 0.25) is 10.0 Å². The topological polar surface area (TPSA) is 72.6 Å². The minimum atomic E-state index is -3.32. The summed E-state index contributed by atoms with van der Waals surface area (Å²) in [6, 6.07) is 9.47. The van der Waals surface area contributed by atoms with E-state index in [1.165, 1.54) is 11.4 Å². The second-order valence-corrected chi connectivity index (χ2v) is 6.01. The van der Waals surface area contributed by atoms with Gasteiger partial charge in [-0.25, -0.2) is 8.42 Å². The molecule has 0 amide bonds. The van der Waals surface area contributed by atoms with E-state index in [-0.39, 0.29) is 12.4 Å². The fourth-order valence-corrected chi connectivity index (χ4v) is 2.93. The van der Waals surface area contributed by atoms with E-state index in [0.717, 1.165) is 5.56 Å². The summed E-state index contributed by atoms with van der Waals surface area (Å²) < 4.78 is 30.4. The largest absolute Gasteiger partial charge is 0.384 e. The third-order valence-corrected chi connectivity index (χ3v) is 4.30. The van der Waals surface area contributed by atoms with E-state index in [9.17, 15) is 8.42 Å². The molecule has 0 atom stereocenters. The van der Waals surface area contributed by atoms with Crippen LogP contribution in [0, 0.1) is 0 Å². The van der Waals surface area contributed by atoms with Crippen LogP contribution in [0.1, 0.15) is 5.56 Å². The van der Waals surface area contributed by atoms with Crippen molar-refractivity contribution in [2.75, 3.05) is 32.6 Å². The number of benzene rings is 1. The number of hydrogen-bond donors (Lipinski definition) is 1. The fraction of sp³-hybridized carbons (Fsp3) is 0.500. The number of rotatable bonds is 8. The molecule has 0 unspecified atom stereocenters. The summed E-state index contributed by atoms with van der Waals surface area (Å²) >= 11 is 0. The molecular formula is C12H20N2O3S. The molecule has 0 saturated heterocycles. The lowest BCUT2D eigenvalue weighted by atomic mass is 10.2. The normalized spacial score (nSPS) is 11.9. The lowest BCUT2D eigenvalue weighted by Gasteiger charge is -2.21. The molecule has 0 bridgehead atoms. The Morgan fingerprint density at radius 2 is 1.94 bits per heavy atom. The smallest absolute Gasteiger partial charge is 0.216 e. The molecule has 1 rings (SSSR count). The van der Waals surface area contributed by atoms with Crippen LogP contribution < -0.4 is 5.73 Å². The van der Waals surface area contributed by atoms with Crippen molar-refractivity contribution < 1.29 is 13.2 Å². The van der Waals surface area contributed by atoms with Crippen molar-refractivity contribution in [2.45, 2.75) is 6.54 Å². The lowest BCUT2D eigenvalue weighted by molar-refractivity contribution is 0.215. The highest BCUT2D eigenvalue weighted by molar-refractivity contribution is 7.89. The van der Waals surface area contributed by atoms with Crippen molar-refractivity contribution in [3.8, 4) is 0 Å². The molecule has 0 saturated carbocycles. The Bertz CT molecular complexity index is 434. The summed E-state index contributed by atoms with van der Waals surface area (Å²) in [6.45, 7) is 1.17. The number of nitrogens with zero attached hydrogens (tertiary/aromatic N) is 1. The zero-order valence-electron chi connectivity index (χ0n) is 10.6. The van der Waals surface area contributed by atoms with E-state index in [4.69, 9.17) is 10.5 Å². The molecule has 0 fully saturated rings. The highest BCUT2D eigenvalue weighted by Crippen LogP contribution is 2.09. The number of sulfonamides is 1. The molecule has 102 valence electrons. The van der Waals surface area contributed by atoms with Crippen molar-refractivity contribution in [1.29, 1.82) is 0 Å². The SMILES string of the molecule is COCCS(=O)(=O)N(CCN)Cc1ccccc1. The minimum absolute atomic E-state index is 0.0175. The molecule has 0 aliphatic heterocycles. The molecule has 6 heteroatoms. The summed E-state index contributed by atoms with van der Waals surface area (Å²) in [4.78, 5) is 0. The predicted molar refractivity (Wildman–Crippen MR) is 71.6 cm³/mol. The Hall–Kier alpha value is -0.950. The maximum atomic E-state index is 12.1.